The SMILES string of the molecule is Cc1nc(CNC(=O)N2CCCC(c3nnc(CO)n3C)C2)n[nH]1. The average Bonchev–Trinajstić information content (AvgIpc) is 3.18. The second-order valence-electron chi connectivity index (χ2n) is 5.97. The van der Waals surface area contributed by atoms with Gasteiger partial charge in [-0.1, -0.05) is 0 Å². The van der Waals surface area contributed by atoms with Gasteiger partial charge < -0.3 is 19.9 Å². The van der Waals surface area contributed by atoms with Crippen LogP contribution in [-0.2, 0) is 20.2 Å². The molecule has 0 aliphatic carbocycles. The van der Waals surface area contributed by atoms with E-state index in [9.17, 15) is 9.90 Å². The number of rotatable bonds is 4. The summed E-state index contributed by atoms with van der Waals surface area (Å²) in [6.07, 6.45) is 1.85. The first-order valence-corrected chi connectivity index (χ1v) is 7.98. The molecule has 2 amide bonds. The summed E-state index contributed by atoms with van der Waals surface area (Å²) < 4.78 is 1.81. The zero-order chi connectivity index (χ0) is 17.1. The number of hydrogen-bond donors (Lipinski definition) is 3. The van der Waals surface area contributed by atoms with E-state index in [-0.39, 0.29) is 18.6 Å². The van der Waals surface area contributed by atoms with Crippen LogP contribution in [0, 0.1) is 6.92 Å². The highest BCUT2D eigenvalue weighted by Gasteiger charge is 2.28. The zero-order valence-corrected chi connectivity index (χ0v) is 13.9. The van der Waals surface area contributed by atoms with Crippen LogP contribution >= 0.6 is 0 Å². The molecular formula is C14H22N8O2. The monoisotopic (exact) mass is 334 g/mol. The van der Waals surface area contributed by atoms with Gasteiger partial charge >= 0.3 is 6.03 Å². The maximum Gasteiger partial charge on any atom is 0.317 e. The smallest absolute Gasteiger partial charge is 0.317 e. The highest BCUT2D eigenvalue weighted by atomic mass is 16.3. The van der Waals surface area contributed by atoms with Crippen LogP contribution in [0.15, 0.2) is 0 Å². The zero-order valence-electron chi connectivity index (χ0n) is 13.9. The molecule has 1 fully saturated rings. The van der Waals surface area contributed by atoms with Crippen molar-refractivity contribution in [1.82, 2.24) is 40.2 Å². The largest absolute Gasteiger partial charge is 0.388 e. The topological polar surface area (TPSA) is 125 Å². The van der Waals surface area contributed by atoms with E-state index >= 15 is 0 Å². The Labute approximate surface area is 139 Å². The molecule has 10 heteroatoms. The molecule has 0 radical (unpaired) electrons. The molecule has 24 heavy (non-hydrogen) atoms. The maximum absolute atomic E-state index is 12.4. The van der Waals surface area contributed by atoms with Crippen LogP contribution < -0.4 is 5.32 Å². The molecule has 0 spiro atoms. The van der Waals surface area contributed by atoms with Gasteiger partial charge in [-0.05, 0) is 19.8 Å². The van der Waals surface area contributed by atoms with Crippen LogP contribution in [0.5, 0.6) is 0 Å². The van der Waals surface area contributed by atoms with Gasteiger partial charge in [-0.15, -0.1) is 10.2 Å². The van der Waals surface area contributed by atoms with Gasteiger partial charge in [0.1, 0.15) is 18.3 Å². The molecule has 2 aromatic rings. The fourth-order valence-corrected chi connectivity index (χ4v) is 2.98. The molecule has 1 atom stereocenters. The van der Waals surface area contributed by atoms with E-state index in [1.54, 1.807) is 4.90 Å². The number of aryl methyl sites for hydroxylation is 1. The number of aliphatic hydroxyl groups is 1. The predicted molar refractivity (Wildman–Crippen MR) is 83.8 cm³/mol. The molecule has 1 unspecified atom stereocenters. The predicted octanol–water partition coefficient (Wildman–Crippen LogP) is -0.177. The van der Waals surface area contributed by atoms with E-state index in [1.165, 1.54) is 0 Å². The van der Waals surface area contributed by atoms with Crippen molar-refractivity contribution in [1.29, 1.82) is 0 Å². The maximum atomic E-state index is 12.4. The van der Waals surface area contributed by atoms with Gasteiger partial charge in [-0.25, -0.2) is 9.78 Å². The van der Waals surface area contributed by atoms with Gasteiger partial charge in [-0.3, -0.25) is 5.10 Å². The molecule has 130 valence electrons. The van der Waals surface area contributed by atoms with Crippen LogP contribution in [0.2, 0.25) is 0 Å². The van der Waals surface area contributed by atoms with Crippen LogP contribution in [0.3, 0.4) is 0 Å². The third-order valence-electron chi connectivity index (χ3n) is 4.26. The Bertz CT molecular complexity index is 709. The Morgan fingerprint density at radius 3 is 2.96 bits per heavy atom. The third kappa shape index (κ3) is 3.37. The number of hydrogen-bond acceptors (Lipinski definition) is 6. The first kappa shape index (κ1) is 16.4. The summed E-state index contributed by atoms with van der Waals surface area (Å²) in [5.41, 5.74) is 0. The number of aromatic nitrogens is 6. The lowest BCUT2D eigenvalue weighted by Crippen LogP contribution is -2.45. The van der Waals surface area contributed by atoms with E-state index in [0.717, 1.165) is 24.5 Å². The summed E-state index contributed by atoms with van der Waals surface area (Å²) in [6, 6.07) is -0.133. The van der Waals surface area contributed by atoms with E-state index in [1.807, 2.05) is 18.5 Å². The van der Waals surface area contributed by atoms with Crippen molar-refractivity contribution in [2.24, 2.45) is 7.05 Å². The van der Waals surface area contributed by atoms with Gasteiger partial charge in [0.15, 0.2) is 11.6 Å². The molecule has 3 heterocycles. The molecule has 2 aromatic heterocycles. The number of piperidine rings is 1. The number of nitrogens with zero attached hydrogens (tertiary/aromatic N) is 6. The normalized spacial score (nSPS) is 18.0. The van der Waals surface area contributed by atoms with Crippen molar-refractivity contribution in [3.05, 3.63) is 23.3 Å². The molecule has 0 saturated carbocycles. The number of urea groups is 1. The van der Waals surface area contributed by atoms with E-state index < -0.39 is 0 Å². The fraction of sp³-hybridized carbons (Fsp3) is 0.643. The first-order valence-electron chi connectivity index (χ1n) is 7.98. The number of likely N-dealkylation sites (tertiary alicyclic amines) is 1. The molecule has 1 aliphatic rings. The summed E-state index contributed by atoms with van der Waals surface area (Å²) >= 11 is 0. The molecule has 0 aromatic carbocycles. The minimum atomic E-state index is -0.142. The number of H-pyrrole nitrogens is 1. The van der Waals surface area contributed by atoms with Crippen molar-refractivity contribution < 1.29 is 9.90 Å². The number of aliphatic hydroxyl groups excluding tert-OH is 1. The van der Waals surface area contributed by atoms with Crippen molar-refractivity contribution >= 4 is 6.03 Å². The lowest BCUT2D eigenvalue weighted by Gasteiger charge is -2.32. The van der Waals surface area contributed by atoms with E-state index in [0.29, 0.717) is 31.3 Å². The lowest BCUT2D eigenvalue weighted by molar-refractivity contribution is 0.177. The van der Waals surface area contributed by atoms with Gasteiger partial charge in [0.2, 0.25) is 0 Å². The van der Waals surface area contributed by atoms with Crippen LogP contribution in [-0.4, -0.2) is 59.1 Å². The summed E-state index contributed by atoms with van der Waals surface area (Å²) in [5, 5.41) is 27.0. The van der Waals surface area contributed by atoms with Crippen molar-refractivity contribution in [3.63, 3.8) is 0 Å². The number of carbonyl (C=O) groups excluding carboxylic acids is 1. The van der Waals surface area contributed by atoms with Crippen molar-refractivity contribution in [3.8, 4) is 0 Å². The van der Waals surface area contributed by atoms with Gasteiger partial charge in [0.05, 0.1) is 6.54 Å². The van der Waals surface area contributed by atoms with Crippen LogP contribution in [0.4, 0.5) is 4.79 Å². The number of nitrogens with one attached hydrogen (secondary N) is 2. The molecule has 3 rings (SSSR count). The Morgan fingerprint density at radius 1 is 1.46 bits per heavy atom. The number of amides is 2. The number of aromatic amines is 1. The Hall–Kier alpha value is -2.49. The summed E-state index contributed by atoms with van der Waals surface area (Å²) in [5.74, 6) is 2.75. The second-order valence-corrected chi connectivity index (χ2v) is 5.97. The Morgan fingerprint density at radius 2 is 2.29 bits per heavy atom. The highest BCUT2D eigenvalue weighted by molar-refractivity contribution is 5.74. The van der Waals surface area contributed by atoms with Crippen LogP contribution in [0.1, 0.15) is 42.1 Å². The van der Waals surface area contributed by atoms with Gasteiger partial charge in [-0.2, -0.15) is 5.10 Å². The minimum absolute atomic E-state index is 0.119. The third-order valence-corrected chi connectivity index (χ3v) is 4.26. The minimum Gasteiger partial charge on any atom is -0.388 e. The second kappa shape index (κ2) is 6.95. The molecule has 0 bridgehead atoms. The highest BCUT2D eigenvalue weighted by Crippen LogP contribution is 2.25. The summed E-state index contributed by atoms with van der Waals surface area (Å²) in [7, 11) is 1.84. The van der Waals surface area contributed by atoms with E-state index in [2.05, 4.69) is 30.7 Å². The lowest BCUT2D eigenvalue weighted by atomic mass is 9.97. The summed E-state index contributed by atoms with van der Waals surface area (Å²) in [4.78, 5) is 18.3. The number of carbonyl (C=O) groups is 1. The Balaban J connectivity index is 1.60. The van der Waals surface area contributed by atoms with Gasteiger partial charge in [0.25, 0.3) is 0 Å². The fourth-order valence-electron chi connectivity index (χ4n) is 2.98. The quantitative estimate of drug-likeness (QED) is 0.712. The molecule has 1 saturated heterocycles. The molecule has 3 N–H and O–H groups in total. The first-order chi connectivity index (χ1) is 11.6. The molecular weight excluding hydrogens is 312 g/mol. The summed E-state index contributed by atoms with van der Waals surface area (Å²) in [6.45, 7) is 3.25. The van der Waals surface area contributed by atoms with Crippen LogP contribution in [0.25, 0.3) is 0 Å². The Kier molecular flexibility index (Phi) is 4.74. The van der Waals surface area contributed by atoms with Gasteiger partial charge in [0, 0.05) is 26.1 Å². The average molecular weight is 334 g/mol. The molecule has 10 nitrogen and oxygen atoms in total. The van der Waals surface area contributed by atoms with Crippen molar-refractivity contribution in [2.75, 3.05) is 13.1 Å². The standard InChI is InChI=1S/C14H22N8O2/c1-9-16-11(18-17-9)6-15-14(24)22-5-3-4-10(7-22)13-20-19-12(8-23)21(13)2/h10,23H,3-8H2,1-2H3,(H,15,24)(H,16,17,18). The molecule has 1 aliphatic heterocycles. The van der Waals surface area contributed by atoms with Crippen molar-refractivity contribution in [2.45, 2.75) is 38.8 Å². The van der Waals surface area contributed by atoms with E-state index in [4.69, 9.17) is 0 Å².